The molecule has 0 aliphatic rings. The highest BCUT2D eigenvalue weighted by Gasteiger charge is 2.14. The van der Waals surface area contributed by atoms with Gasteiger partial charge in [0, 0.05) is 6.08 Å². The van der Waals surface area contributed by atoms with Crippen LogP contribution in [0.5, 0.6) is 0 Å². The van der Waals surface area contributed by atoms with Crippen LogP contribution in [0.25, 0.3) is 0 Å². The van der Waals surface area contributed by atoms with Gasteiger partial charge in [-0.3, -0.25) is 0 Å². The van der Waals surface area contributed by atoms with Crippen LogP contribution in [0.3, 0.4) is 0 Å². The summed E-state index contributed by atoms with van der Waals surface area (Å²) in [6.45, 7) is 5.44. The van der Waals surface area contributed by atoms with Gasteiger partial charge in [-0.2, -0.15) is 0 Å². The van der Waals surface area contributed by atoms with Crippen LogP contribution in [-0.4, -0.2) is 22.2 Å². The second-order valence-corrected chi connectivity index (χ2v) is 4.79. The Morgan fingerprint density at radius 1 is 1.00 bits per heavy atom. The van der Waals surface area contributed by atoms with Gasteiger partial charge in [-0.15, -0.1) is 0 Å². The molecular formula is C15H24O4. The van der Waals surface area contributed by atoms with Gasteiger partial charge in [0.05, 0.1) is 5.57 Å². The first-order valence-electron chi connectivity index (χ1n) is 6.74. The predicted molar refractivity (Wildman–Crippen MR) is 75.1 cm³/mol. The number of unbranched alkanes of at least 4 members (excludes halogenated alkanes) is 4. The lowest BCUT2D eigenvalue weighted by Gasteiger charge is -2.08. The van der Waals surface area contributed by atoms with Crippen molar-refractivity contribution in [3.05, 3.63) is 22.8 Å². The predicted octanol–water partition coefficient (Wildman–Crippen LogP) is 3.78. The smallest absolute Gasteiger partial charge is 0.335 e. The van der Waals surface area contributed by atoms with Crippen LogP contribution in [0.15, 0.2) is 22.8 Å². The van der Waals surface area contributed by atoms with E-state index in [9.17, 15) is 14.7 Å². The van der Waals surface area contributed by atoms with E-state index in [0.29, 0.717) is 12.0 Å². The van der Waals surface area contributed by atoms with Crippen LogP contribution in [-0.2, 0) is 9.59 Å². The van der Waals surface area contributed by atoms with Crippen LogP contribution in [0.4, 0.5) is 0 Å². The largest absolute Gasteiger partial charge is 0.478 e. The number of carboxylic acid groups (broad SMARTS) is 2. The average molecular weight is 268 g/mol. The van der Waals surface area contributed by atoms with Crippen molar-refractivity contribution in [3.63, 3.8) is 0 Å². The fourth-order valence-electron chi connectivity index (χ4n) is 2.06. The van der Waals surface area contributed by atoms with Crippen molar-refractivity contribution in [3.8, 4) is 0 Å². The quantitative estimate of drug-likeness (QED) is 0.379. The van der Waals surface area contributed by atoms with Crippen LogP contribution >= 0.6 is 0 Å². The van der Waals surface area contributed by atoms with Gasteiger partial charge in [0.15, 0.2) is 0 Å². The molecule has 0 rings (SSSR count). The van der Waals surface area contributed by atoms with Gasteiger partial charge in [0.2, 0.25) is 0 Å². The molecule has 0 heterocycles. The van der Waals surface area contributed by atoms with Crippen LogP contribution in [0, 0.1) is 0 Å². The number of allylic oxidation sites excluding steroid dienone is 1. The van der Waals surface area contributed by atoms with Gasteiger partial charge in [0.1, 0.15) is 0 Å². The normalized spacial score (nSPS) is 13.1. The van der Waals surface area contributed by atoms with Gasteiger partial charge >= 0.3 is 11.9 Å². The average Bonchev–Trinajstić information content (AvgIpc) is 2.27. The minimum absolute atomic E-state index is 0.137. The minimum Gasteiger partial charge on any atom is -0.478 e. The van der Waals surface area contributed by atoms with E-state index >= 15 is 0 Å². The fraction of sp³-hybridized carbons (Fsp3) is 0.600. The van der Waals surface area contributed by atoms with Crippen molar-refractivity contribution in [2.45, 2.75) is 59.3 Å². The Bertz CT molecular complexity index is 378. The van der Waals surface area contributed by atoms with E-state index in [0.717, 1.165) is 30.9 Å². The van der Waals surface area contributed by atoms with Crippen LogP contribution in [0.2, 0.25) is 0 Å². The standard InChI is InChI=1S/C15H24O4/c1-4-5-6-7-8-9-11(2)14(15(18)19)12(3)10-13(16)17/h10H,4-9H2,1-3H3,(H,16,17)(H,18,19)/b12-10-,14-11-. The second kappa shape index (κ2) is 9.36. The van der Waals surface area contributed by atoms with E-state index in [4.69, 9.17) is 5.11 Å². The molecule has 0 fully saturated rings. The van der Waals surface area contributed by atoms with E-state index < -0.39 is 11.9 Å². The molecule has 108 valence electrons. The molecule has 0 aliphatic heterocycles. The molecule has 0 aromatic carbocycles. The van der Waals surface area contributed by atoms with Crippen molar-refractivity contribution in [2.75, 3.05) is 0 Å². The summed E-state index contributed by atoms with van der Waals surface area (Å²) in [5.41, 5.74) is 1.18. The molecule has 2 N–H and O–H groups in total. The number of carbonyl (C=O) groups is 2. The van der Waals surface area contributed by atoms with Gasteiger partial charge in [-0.25, -0.2) is 9.59 Å². The molecule has 0 saturated heterocycles. The lowest BCUT2D eigenvalue weighted by molar-refractivity contribution is -0.132. The van der Waals surface area contributed by atoms with Crippen molar-refractivity contribution in [1.82, 2.24) is 0 Å². The van der Waals surface area contributed by atoms with Gasteiger partial charge < -0.3 is 10.2 Å². The zero-order valence-corrected chi connectivity index (χ0v) is 12.0. The first-order chi connectivity index (χ1) is 8.90. The number of carboxylic acids is 2. The molecule has 0 bridgehead atoms. The summed E-state index contributed by atoms with van der Waals surface area (Å²) >= 11 is 0. The number of rotatable bonds is 9. The second-order valence-electron chi connectivity index (χ2n) is 4.79. The highest BCUT2D eigenvalue weighted by Crippen LogP contribution is 2.20. The summed E-state index contributed by atoms with van der Waals surface area (Å²) in [5.74, 6) is -2.17. The Labute approximate surface area is 114 Å². The first-order valence-corrected chi connectivity index (χ1v) is 6.74. The van der Waals surface area contributed by atoms with Crippen LogP contribution in [0.1, 0.15) is 59.3 Å². The SMILES string of the molecule is CCCCCCC/C(C)=C(C(=O)O)/C(C)=C\C(=O)O. The van der Waals surface area contributed by atoms with E-state index in [1.807, 2.05) is 0 Å². The third-order valence-corrected chi connectivity index (χ3v) is 3.03. The summed E-state index contributed by atoms with van der Waals surface area (Å²) in [7, 11) is 0. The van der Waals surface area contributed by atoms with E-state index in [-0.39, 0.29) is 5.57 Å². The zero-order chi connectivity index (χ0) is 14.8. The van der Waals surface area contributed by atoms with Crippen molar-refractivity contribution < 1.29 is 19.8 Å². The molecule has 0 unspecified atom stereocenters. The molecule has 0 atom stereocenters. The molecule has 0 spiro atoms. The molecule has 0 aliphatic carbocycles. The molecular weight excluding hydrogens is 244 g/mol. The Morgan fingerprint density at radius 2 is 1.58 bits per heavy atom. The van der Waals surface area contributed by atoms with Crippen LogP contribution < -0.4 is 0 Å². The third kappa shape index (κ3) is 7.44. The zero-order valence-electron chi connectivity index (χ0n) is 12.0. The lowest BCUT2D eigenvalue weighted by atomic mass is 9.97. The van der Waals surface area contributed by atoms with Crippen molar-refractivity contribution in [2.24, 2.45) is 0 Å². The Morgan fingerprint density at radius 3 is 2.05 bits per heavy atom. The minimum atomic E-state index is -1.12. The molecule has 0 radical (unpaired) electrons. The molecule has 4 heteroatoms. The Hall–Kier alpha value is -1.58. The summed E-state index contributed by atoms with van der Waals surface area (Å²) in [4.78, 5) is 21.8. The number of hydrogen-bond donors (Lipinski definition) is 2. The summed E-state index contributed by atoms with van der Waals surface area (Å²) < 4.78 is 0. The molecule has 0 aromatic rings. The maximum atomic E-state index is 11.2. The Balaban J connectivity index is 4.70. The topological polar surface area (TPSA) is 74.6 Å². The van der Waals surface area contributed by atoms with Crippen molar-refractivity contribution >= 4 is 11.9 Å². The maximum absolute atomic E-state index is 11.2. The summed E-state index contributed by atoms with van der Waals surface area (Å²) in [5, 5.41) is 17.9. The van der Waals surface area contributed by atoms with Gasteiger partial charge in [-0.05, 0) is 32.3 Å². The molecule has 4 nitrogen and oxygen atoms in total. The van der Waals surface area contributed by atoms with Crippen molar-refractivity contribution in [1.29, 1.82) is 0 Å². The number of hydrogen-bond acceptors (Lipinski definition) is 2. The third-order valence-electron chi connectivity index (χ3n) is 3.03. The van der Waals surface area contributed by atoms with E-state index in [2.05, 4.69) is 6.92 Å². The van der Waals surface area contributed by atoms with Gasteiger partial charge in [0.25, 0.3) is 0 Å². The monoisotopic (exact) mass is 268 g/mol. The highest BCUT2D eigenvalue weighted by atomic mass is 16.4. The highest BCUT2D eigenvalue weighted by molar-refractivity contribution is 5.95. The fourth-order valence-corrected chi connectivity index (χ4v) is 2.06. The molecule has 0 amide bonds. The van der Waals surface area contributed by atoms with E-state index in [1.54, 1.807) is 6.92 Å². The summed E-state index contributed by atoms with van der Waals surface area (Å²) in [6.07, 6.45) is 7.22. The van der Waals surface area contributed by atoms with E-state index in [1.165, 1.54) is 19.8 Å². The molecule has 19 heavy (non-hydrogen) atoms. The van der Waals surface area contributed by atoms with Gasteiger partial charge in [-0.1, -0.05) is 38.2 Å². The lowest BCUT2D eigenvalue weighted by Crippen LogP contribution is -2.06. The maximum Gasteiger partial charge on any atom is 0.335 e. The summed E-state index contributed by atoms with van der Waals surface area (Å²) in [6, 6.07) is 0. The molecule has 0 aromatic heterocycles. The Kier molecular flexibility index (Phi) is 8.58. The first kappa shape index (κ1) is 17.4. The number of aliphatic carboxylic acids is 2. The molecule has 0 saturated carbocycles.